The molecule has 0 spiro atoms. The highest BCUT2D eigenvalue weighted by Crippen LogP contribution is 2.15. The lowest BCUT2D eigenvalue weighted by Gasteiger charge is -2.40. The van der Waals surface area contributed by atoms with Gasteiger partial charge < -0.3 is 21.7 Å². The molecule has 0 aliphatic carbocycles. The summed E-state index contributed by atoms with van der Waals surface area (Å²) in [6, 6.07) is 0. The molecule has 0 amide bonds. The summed E-state index contributed by atoms with van der Waals surface area (Å²) < 4.78 is 6.19. The monoisotopic (exact) mass is 293 g/mol. The maximum Gasteiger partial charge on any atom is 0.337 e. The summed E-state index contributed by atoms with van der Waals surface area (Å²) in [7, 11) is 0. The number of rotatable bonds is 6. The second-order valence-electron chi connectivity index (χ2n) is 3.95. The average molecular weight is 294 g/mol. The largest absolute Gasteiger partial charge is 1.00 e. The number of quaternary nitrogens is 1. The molecule has 0 aromatic heterocycles. The first-order valence-corrected chi connectivity index (χ1v) is 5.65. The minimum atomic E-state index is -0.291. The van der Waals surface area contributed by atoms with Crippen molar-refractivity contribution in [2.24, 2.45) is 0 Å². The van der Waals surface area contributed by atoms with Crippen molar-refractivity contribution in [1.82, 2.24) is 0 Å². The van der Waals surface area contributed by atoms with Gasteiger partial charge in [-0.3, -0.25) is 4.48 Å². The van der Waals surface area contributed by atoms with Gasteiger partial charge in [0.15, 0.2) is 0 Å². The van der Waals surface area contributed by atoms with Gasteiger partial charge in [0.25, 0.3) is 0 Å². The van der Waals surface area contributed by atoms with Crippen LogP contribution >= 0.6 is 0 Å². The standard InChI is InChI=1S/C12H24NO2.BrH/c1-7-13(8-2,9-3)11(6)15-12(14)10(4)5;/h11H,4,7-9H2,1-3,5-6H3;1H/q+1;/p-1. The van der Waals surface area contributed by atoms with E-state index < -0.39 is 0 Å². The van der Waals surface area contributed by atoms with Gasteiger partial charge in [0.05, 0.1) is 19.6 Å². The van der Waals surface area contributed by atoms with Gasteiger partial charge in [0.1, 0.15) is 0 Å². The van der Waals surface area contributed by atoms with Crippen molar-refractivity contribution in [3.05, 3.63) is 12.2 Å². The molecular formula is C12H24BrNO2. The van der Waals surface area contributed by atoms with Crippen LogP contribution in [-0.4, -0.2) is 36.3 Å². The minimum absolute atomic E-state index is 0. The van der Waals surface area contributed by atoms with Crippen molar-refractivity contribution >= 4 is 5.97 Å². The van der Waals surface area contributed by atoms with Gasteiger partial charge in [-0.1, -0.05) is 6.58 Å². The van der Waals surface area contributed by atoms with E-state index in [0.717, 1.165) is 24.1 Å². The van der Waals surface area contributed by atoms with Crippen LogP contribution in [0.3, 0.4) is 0 Å². The van der Waals surface area contributed by atoms with Gasteiger partial charge in [0, 0.05) is 12.5 Å². The van der Waals surface area contributed by atoms with Crippen LogP contribution in [0, 0.1) is 0 Å². The van der Waals surface area contributed by atoms with Gasteiger partial charge in [0.2, 0.25) is 6.23 Å². The summed E-state index contributed by atoms with van der Waals surface area (Å²) >= 11 is 0. The molecule has 1 unspecified atom stereocenters. The van der Waals surface area contributed by atoms with Gasteiger partial charge in [-0.2, -0.15) is 0 Å². The molecular weight excluding hydrogens is 270 g/mol. The molecule has 0 rings (SSSR count). The first-order chi connectivity index (χ1) is 6.93. The maximum absolute atomic E-state index is 11.4. The molecule has 96 valence electrons. The maximum atomic E-state index is 11.4. The van der Waals surface area contributed by atoms with E-state index in [9.17, 15) is 4.79 Å². The van der Waals surface area contributed by atoms with Gasteiger partial charge in [-0.15, -0.1) is 0 Å². The molecule has 0 fully saturated rings. The second kappa shape index (κ2) is 7.85. The second-order valence-corrected chi connectivity index (χ2v) is 3.95. The molecule has 0 aliphatic heterocycles. The highest BCUT2D eigenvalue weighted by molar-refractivity contribution is 5.86. The van der Waals surface area contributed by atoms with E-state index in [-0.39, 0.29) is 29.2 Å². The van der Waals surface area contributed by atoms with Crippen LogP contribution in [-0.2, 0) is 9.53 Å². The smallest absolute Gasteiger partial charge is 0.337 e. The Hall–Kier alpha value is -0.350. The number of esters is 1. The molecule has 0 heterocycles. The first kappa shape index (κ1) is 18.0. The Morgan fingerprint density at radius 2 is 1.62 bits per heavy atom. The van der Waals surface area contributed by atoms with Crippen LogP contribution in [0.4, 0.5) is 0 Å². The Bertz CT molecular complexity index is 229. The van der Waals surface area contributed by atoms with Gasteiger partial charge in [-0.05, 0) is 27.7 Å². The third-order valence-electron chi connectivity index (χ3n) is 3.29. The summed E-state index contributed by atoms with van der Waals surface area (Å²) in [4.78, 5) is 11.4. The van der Waals surface area contributed by atoms with Crippen LogP contribution < -0.4 is 17.0 Å². The third kappa shape index (κ3) is 4.26. The zero-order chi connectivity index (χ0) is 12.1. The molecule has 0 saturated heterocycles. The van der Waals surface area contributed by atoms with E-state index in [1.165, 1.54) is 0 Å². The van der Waals surface area contributed by atoms with E-state index >= 15 is 0 Å². The molecule has 0 saturated carbocycles. The topological polar surface area (TPSA) is 26.3 Å². The molecule has 0 bridgehead atoms. The fourth-order valence-electron chi connectivity index (χ4n) is 1.81. The number of carbonyl (C=O) groups excluding carboxylic acids is 1. The van der Waals surface area contributed by atoms with Crippen LogP contribution in [0.15, 0.2) is 12.2 Å². The van der Waals surface area contributed by atoms with Crippen molar-refractivity contribution in [2.75, 3.05) is 19.6 Å². The molecule has 16 heavy (non-hydrogen) atoms. The molecule has 0 aliphatic rings. The lowest BCUT2D eigenvalue weighted by atomic mass is 10.3. The third-order valence-corrected chi connectivity index (χ3v) is 3.29. The van der Waals surface area contributed by atoms with Crippen molar-refractivity contribution in [3.8, 4) is 0 Å². The van der Waals surface area contributed by atoms with Gasteiger partial charge in [-0.25, -0.2) is 4.79 Å². The zero-order valence-corrected chi connectivity index (χ0v) is 12.6. The summed E-state index contributed by atoms with van der Waals surface area (Å²) in [6.45, 7) is 16.5. The Morgan fingerprint density at radius 3 is 1.88 bits per heavy atom. The average Bonchev–Trinajstić information content (AvgIpc) is 2.21. The van der Waals surface area contributed by atoms with E-state index in [1.54, 1.807) is 6.92 Å². The Morgan fingerprint density at radius 1 is 1.25 bits per heavy atom. The van der Waals surface area contributed by atoms with Crippen molar-refractivity contribution in [3.63, 3.8) is 0 Å². The highest BCUT2D eigenvalue weighted by atomic mass is 79.9. The van der Waals surface area contributed by atoms with E-state index in [0.29, 0.717) is 5.57 Å². The Labute approximate surface area is 110 Å². The van der Waals surface area contributed by atoms with Crippen molar-refractivity contribution < 1.29 is 31.0 Å². The lowest BCUT2D eigenvalue weighted by Crippen LogP contribution is -3.00. The molecule has 0 aromatic rings. The molecule has 0 radical (unpaired) electrons. The predicted octanol–water partition coefficient (Wildman–Crippen LogP) is -0.668. The lowest BCUT2D eigenvalue weighted by molar-refractivity contribution is -0.962. The summed E-state index contributed by atoms with van der Waals surface area (Å²) in [5, 5.41) is 0. The number of ether oxygens (including phenoxy) is 1. The first-order valence-electron chi connectivity index (χ1n) is 5.65. The zero-order valence-electron chi connectivity index (χ0n) is 11.0. The summed E-state index contributed by atoms with van der Waals surface area (Å²) in [5.74, 6) is -0.291. The quantitative estimate of drug-likeness (QED) is 0.281. The highest BCUT2D eigenvalue weighted by Gasteiger charge is 2.31. The fraction of sp³-hybridized carbons (Fsp3) is 0.750. The van der Waals surface area contributed by atoms with Crippen LogP contribution in [0.25, 0.3) is 0 Å². The molecule has 3 nitrogen and oxygen atoms in total. The fourth-order valence-corrected chi connectivity index (χ4v) is 1.81. The molecule has 0 N–H and O–H groups in total. The van der Waals surface area contributed by atoms with Gasteiger partial charge >= 0.3 is 5.97 Å². The molecule has 1 atom stereocenters. The Balaban J connectivity index is 0. The number of carbonyl (C=O) groups is 1. The number of hydrogen-bond donors (Lipinski definition) is 0. The van der Waals surface area contributed by atoms with E-state index in [4.69, 9.17) is 4.74 Å². The predicted molar refractivity (Wildman–Crippen MR) is 62.3 cm³/mol. The molecule has 0 aromatic carbocycles. The van der Waals surface area contributed by atoms with Crippen molar-refractivity contribution in [1.29, 1.82) is 0 Å². The normalized spacial score (nSPS) is 12.6. The molecule has 4 heteroatoms. The SMILES string of the molecule is C=C(C)C(=O)OC(C)[N+](CC)(CC)CC.[Br-]. The van der Waals surface area contributed by atoms with Crippen LogP contribution in [0.5, 0.6) is 0 Å². The minimum Gasteiger partial charge on any atom is -1.00 e. The van der Waals surface area contributed by atoms with Crippen LogP contribution in [0.2, 0.25) is 0 Å². The summed E-state index contributed by atoms with van der Waals surface area (Å²) in [5.41, 5.74) is 0.461. The number of halogens is 1. The number of nitrogens with zero attached hydrogens (tertiary/aromatic N) is 1. The van der Waals surface area contributed by atoms with Crippen LogP contribution in [0.1, 0.15) is 34.6 Å². The van der Waals surface area contributed by atoms with Crippen molar-refractivity contribution in [2.45, 2.75) is 40.8 Å². The van der Waals surface area contributed by atoms with E-state index in [1.807, 2.05) is 6.92 Å². The Kier molecular flexibility index (Phi) is 8.84. The van der Waals surface area contributed by atoms with E-state index in [2.05, 4.69) is 27.4 Å². The number of hydrogen-bond acceptors (Lipinski definition) is 2. The summed E-state index contributed by atoms with van der Waals surface area (Å²) in [6.07, 6.45) is -0.103.